The summed E-state index contributed by atoms with van der Waals surface area (Å²) in [4.78, 5) is 34.4. The smallest absolute Gasteiger partial charge is 0.410 e. The Bertz CT molecular complexity index is 1390. The van der Waals surface area contributed by atoms with E-state index in [1.54, 1.807) is 16.2 Å². The van der Waals surface area contributed by atoms with Crippen molar-refractivity contribution in [3.63, 3.8) is 0 Å². The average molecular weight is 552 g/mol. The zero-order chi connectivity index (χ0) is 25.9. The molecule has 1 aliphatic rings. The van der Waals surface area contributed by atoms with Crippen molar-refractivity contribution in [3.05, 3.63) is 64.5 Å². The van der Waals surface area contributed by atoms with E-state index < -0.39 is 0 Å². The molecule has 2 aromatic carbocycles. The van der Waals surface area contributed by atoms with Crippen molar-refractivity contribution in [1.29, 1.82) is 0 Å². The molecule has 0 fully saturated rings. The number of anilines is 1. The summed E-state index contributed by atoms with van der Waals surface area (Å²) >= 11 is 4.98. The monoisotopic (exact) mass is 551 g/mol. The van der Waals surface area contributed by atoms with E-state index in [0.717, 1.165) is 41.8 Å². The molecule has 4 aromatic rings. The van der Waals surface area contributed by atoms with Crippen molar-refractivity contribution >= 4 is 61.7 Å². The van der Waals surface area contributed by atoms with Crippen LogP contribution in [0.2, 0.25) is 0 Å². The number of fused-ring (bicyclic) bond motifs is 2. The number of benzene rings is 2. The van der Waals surface area contributed by atoms with Gasteiger partial charge in [-0.15, -0.1) is 34.4 Å². The summed E-state index contributed by atoms with van der Waals surface area (Å²) < 4.78 is 6.34. The van der Waals surface area contributed by atoms with Crippen LogP contribution < -0.4 is 5.32 Å². The Labute approximate surface area is 229 Å². The van der Waals surface area contributed by atoms with Crippen LogP contribution in [0.3, 0.4) is 0 Å². The van der Waals surface area contributed by atoms with Crippen molar-refractivity contribution < 1.29 is 14.3 Å². The van der Waals surface area contributed by atoms with Gasteiger partial charge in [-0.2, -0.15) is 0 Å². The van der Waals surface area contributed by atoms with E-state index in [1.165, 1.54) is 16.2 Å². The van der Waals surface area contributed by atoms with Crippen LogP contribution in [0.5, 0.6) is 0 Å². The predicted molar refractivity (Wildman–Crippen MR) is 154 cm³/mol. The highest BCUT2D eigenvalue weighted by atomic mass is 32.2. The number of aromatic nitrogens is 1. The van der Waals surface area contributed by atoms with E-state index >= 15 is 0 Å². The molecular weight excluding hydrogens is 523 g/mol. The molecule has 1 N–H and O–H groups in total. The zero-order valence-electron chi connectivity index (χ0n) is 21.1. The van der Waals surface area contributed by atoms with Crippen molar-refractivity contribution in [2.24, 2.45) is 0 Å². The quantitative estimate of drug-likeness (QED) is 0.246. The number of nitrogens with one attached hydrogen (secondary N) is 1. The predicted octanol–water partition coefficient (Wildman–Crippen LogP) is 7.22. The van der Waals surface area contributed by atoms with Gasteiger partial charge in [-0.3, -0.25) is 4.79 Å². The second kappa shape index (κ2) is 11.2. The van der Waals surface area contributed by atoms with Gasteiger partial charge < -0.3 is 15.0 Å². The first-order chi connectivity index (χ1) is 17.9. The molecule has 6 nitrogen and oxygen atoms in total. The number of thiophene rings is 1. The number of nitrogens with zero attached hydrogens (tertiary/aromatic N) is 2. The molecule has 1 aliphatic heterocycles. The highest BCUT2D eigenvalue weighted by Gasteiger charge is 2.30. The molecule has 0 aliphatic carbocycles. The minimum Gasteiger partial charge on any atom is -0.450 e. The standard InChI is InChI=1S/C28H29N3O3S3/c1-4-34-28(33)31-14-13-20-23(16-31)37-27(25(20)26-29-21-7-5-6-8-22(21)36-26)30-24(32)15-18-9-11-19(12-10-18)35-17(2)3/h5-12,17H,4,13-16H2,1-3H3,(H,30,32). The molecular formula is C28H29N3O3S3. The highest BCUT2D eigenvalue weighted by molar-refractivity contribution is 7.99. The average Bonchev–Trinajstić information content (AvgIpc) is 3.45. The maximum Gasteiger partial charge on any atom is 0.410 e. The van der Waals surface area contributed by atoms with Gasteiger partial charge >= 0.3 is 6.09 Å². The first-order valence-electron chi connectivity index (χ1n) is 12.4. The Hall–Kier alpha value is -2.88. The molecule has 3 heterocycles. The third-order valence-corrected chi connectivity index (χ3v) is 9.21. The number of ether oxygens (including phenoxy) is 1. The lowest BCUT2D eigenvalue weighted by Gasteiger charge is -2.26. The van der Waals surface area contributed by atoms with Gasteiger partial charge in [0.2, 0.25) is 5.91 Å². The molecule has 0 saturated heterocycles. The molecule has 0 unspecified atom stereocenters. The van der Waals surface area contributed by atoms with E-state index in [2.05, 4.69) is 37.4 Å². The summed E-state index contributed by atoms with van der Waals surface area (Å²) in [5.41, 5.74) is 4.07. The number of amides is 2. The van der Waals surface area contributed by atoms with Gasteiger partial charge in [-0.05, 0) is 48.7 Å². The number of carbonyl (C=O) groups is 2. The van der Waals surface area contributed by atoms with E-state index in [-0.39, 0.29) is 12.0 Å². The number of hydrogen-bond acceptors (Lipinski definition) is 7. The van der Waals surface area contributed by atoms with Crippen LogP contribution in [0.4, 0.5) is 9.80 Å². The van der Waals surface area contributed by atoms with Crippen LogP contribution in [-0.4, -0.2) is 40.3 Å². The SMILES string of the molecule is CCOC(=O)N1CCc2c(sc(NC(=O)Cc3ccc(SC(C)C)cc3)c2-c2nc3ccccc3s2)C1. The lowest BCUT2D eigenvalue weighted by atomic mass is 10.0. The number of thioether (sulfide) groups is 1. The van der Waals surface area contributed by atoms with Gasteiger partial charge in [0, 0.05) is 27.1 Å². The minimum absolute atomic E-state index is 0.0625. The molecule has 2 amide bonds. The number of rotatable bonds is 7. The first-order valence-corrected chi connectivity index (χ1v) is 14.9. The summed E-state index contributed by atoms with van der Waals surface area (Å²) in [6.45, 7) is 7.55. The first kappa shape index (κ1) is 25.8. The van der Waals surface area contributed by atoms with Crippen molar-refractivity contribution in [1.82, 2.24) is 9.88 Å². The summed E-state index contributed by atoms with van der Waals surface area (Å²) in [5, 5.41) is 5.39. The van der Waals surface area contributed by atoms with Gasteiger partial charge in [0.15, 0.2) is 0 Å². The molecule has 0 atom stereocenters. The van der Waals surface area contributed by atoms with Crippen LogP contribution in [0, 0.1) is 0 Å². The molecule has 2 aromatic heterocycles. The maximum atomic E-state index is 13.2. The Morgan fingerprint density at radius 1 is 1.14 bits per heavy atom. The third kappa shape index (κ3) is 5.84. The van der Waals surface area contributed by atoms with Crippen molar-refractivity contribution in [2.45, 2.75) is 50.3 Å². The molecule has 0 radical (unpaired) electrons. The minimum atomic E-state index is -0.298. The number of carbonyl (C=O) groups excluding carboxylic acids is 2. The molecule has 9 heteroatoms. The lowest BCUT2D eigenvalue weighted by molar-refractivity contribution is -0.115. The molecule has 0 saturated carbocycles. The number of para-hydroxylation sites is 1. The summed E-state index contributed by atoms with van der Waals surface area (Å²) in [7, 11) is 0. The van der Waals surface area contributed by atoms with E-state index in [1.807, 2.05) is 49.0 Å². The summed E-state index contributed by atoms with van der Waals surface area (Å²) in [6, 6.07) is 16.3. The van der Waals surface area contributed by atoms with Gasteiger partial charge in [-0.1, -0.05) is 38.1 Å². The van der Waals surface area contributed by atoms with Crippen LogP contribution >= 0.6 is 34.4 Å². The van der Waals surface area contributed by atoms with Crippen LogP contribution in [-0.2, 0) is 28.9 Å². The third-order valence-electron chi connectivity index (χ3n) is 6.00. The topological polar surface area (TPSA) is 71.5 Å². The summed E-state index contributed by atoms with van der Waals surface area (Å²) in [6.07, 6.45) is 0.692. The van der Waals surface area contributed by atoms with Crippen molar-refractivity contribution in [2.75, 3.05) is 18.5 Å². The second-order valence-electron chi connectivity index (χ2n) is 9.10. The Morgan fingerprint density at radius 2 is 1.92 bits per heavy atom. The molecule has 0 spiro atoms. The Morgan fingerprint density at radius 3 is 2.65 bits per heavy atom. The number of thiazole rings is 1. The fraction of sp³-hybridized carbons (Fsp3) is 0.321. The van der Waals surface area contributed by atoms with Gasteiger partial charge in [0.05, 0.1) is 29.8 Å². The van der Waals surface area contributed by atoms with Crippen LogP contribution in [0.15, 0.2) is 53.4 Å². The van der Waals surface area contributed by atoms with E-state index in [0.29, 0.717) is 37.8 Å². The molecule has 37 heavy (non-hydrogen) atoms. The van der Waals surface area contributed by atoms with Gasteiger partial charge in [0.25, 0.3) is 0 Å². The van der Waals surface area contributed by atoms with E-state index in [4.69, 9.17) is 9.72 Å². The highest BCUT2D eigenvalue weighted by Crippen LogP contribution is 2.45. The maximum absolute atomic E-state index is 13.2. The van der Waals surface area contributed by atoms with Crippen LogP contribution in [0.25, 0.3) is 20.8 Å². The fourth-order valence-electron chi connectivity index (χ4n) is 4.38. The molecule has 5 rings (SSSR count). The van der Waals surface area contributed by atoms with Gasteiger partial charge in [0.1, 0.15) is 10.0 Å². The fourth-order valence-corrected chi connectivity index (χ4v) is 7.61. The van der Waals surface area contributed by atoms with Gasteiger partial charge in [-0.25, -0.2) is 9.78 Å². The Balaban J connectivity index is 1.42. The summed E-state index contributed by atoms with van der Waals surface area (Å²) in [5.74, 6) is -0.0625. The molecule has 192 valence electrons. The zero-order valence-corrected chi connectivity index (χ0v) is 23.5. The number of hydrogen-bond donors (Lipinski definition) is 1. The largest absolute Gasteiger partial charge is 0.450 e. The Kier molecular flexibility index (Phi) is 7.83. The normalized spacial score (nSPS) is 13.1. The van der Waals surface area contributed by atoms with Crippen molar-refractivity contribution in [3.8, 4) is 10.6 Å². The lowest BCUT2D eigenvalue weighted by Crippen LogP contribution is -2.35. The molecule has 0 bridgehead atoms. The van der Waals surface area contributed by atoms with Crippen LogP contribution in [0.1, 0.15) is 36.8 Å². The van der Waals surface area contributed by atoms with E-state index in [9.17, 15) is 9.59 Å². The second-order valence-corrected chi connectivity index (χ2v) is 12.9.